The van der Waals surface area contributed by atoms with Crippen molar-refractivity contribution in [3.63, 3.8) is 0 Å². The zero-order valence-corrected chi connectivity index (χ0v) is 10.6. The van der Waals surface area contributed by atoms with E-state index < -0.39 is 0 Å². The minimum absolute atomic E-state index is 0.367. The molecule has 0 atom stereocenters. The number of anilines is 2. The zero-order valence-electron chi connectivity index (χ0n) is 9.80. The first-order chi connectivity index (χ1) is 9.26. The molecule has 3 rings (SSSR count). The highest BCUT2D eigenvalue weighted by Gasteiger charge is 2.03. The number of halogens is 1. The summed E-state index contributed by atoms with van der Waals surface area (Å²) in [6.07, 6.45) is 0. The third-order valence-electron chi connectivity index (χ3n) is 2.63. The van der Waals surface area contributed by atoms with Crippen molar-refractivity contribution in [1.29, 1.82) is 0 Å². The molecule has 2 N–H and O–H groups in total. The molecule has 0 spiro atoms. The van der Waals surface area contributed by atoms with E-state index in [0.29, 0.717) is 17.3 Å². The first-order valence-corrected chi connectivity index (χ1v) is 6.16. The lowest BCUT2D eigenvalue weighted by Gasteiger charge is -2.06. The molecule has 0 amide bonds. The molecule has 19 heavy (non-hydrogen) atoms. The second kappa shape index (κ2) is 4.74. The Bertz CT molecular complexity index is 779. The van der Waals surface area contributed by atoms with Gasteiger partial charge in [-0.2, -0.15) is 9.61 Å². The van der Waals surface area contributed by atoms with Gasteiger partial charge in [-0.05, 0) is 29.8 Å². The second-order valence-electron chi connectivity index (χ2n) is 3.98. The topological polar surface area (TPSA) is 75.1 Å². The lowest BCUT2D eigenvalue weighted by Crippen LogP contribution is -2.13. The Kier molecular flexibility index (Phi) is 2.92. The Hall–Kier alpha value is -2.34. The smallest absolute Gasteiger partial charge is 0.339 e. The number of alkyl halides is 1. The van der Waals surface area contributed by atoms with Gasteiger partial charge in [-0.15, -0.1) is 16.7 Å². The van der Waals surface area contributed by atoms with Crippen LogP contribution in [0.1, 0.15) is 5.56 Å². The van der Waals surface area contributed by atoms with Gasteiger partial charge in [0.05, 0.1) is 0 Å². The normalized spacial score (nSPS) is 10.8. The van der Waals surface area contributed by atoms with E-state index in [1.54, 1.807) is 12.1 Å². The largest absolute Gasteiger partial charge is 0.364 e. The Morgan fingerprint density at radius 2 is 2.21 bits per heavy atom. The van der Waals surface area contributed by atoms with E-state index in [9.17, 15) is 4.79 Å². The van der Waals surface area contributed by atoms with E-state index in [1.165, 1.54) is 4.52 Å². The van der Waals surface area contributed by atoms with Crippen LogP contribution in [-0.4, -0.2) is 19.8 Å². The van der Waals surface area contributed by atoms with E-state index in [1.807, 2.05) is 24.3 Å². The van der Waals surface area contributed by atoms with Crippen LogP contribution >= 0.6 is 11.6 Å². The van der Waals surface area contributed by atoms with Crippen molar-refractivity contribution >= 4 is 28.8 Å². The molecular weight excluding hydrogens is 266 g/mol. The first-order valence-electron chi connectivity index (χ1n) is 5.63. The number of H-pyrrole nitrogens is 1. The van der Waals surface area contributed by atoms with Crippen molar-refractivity contribution in [3.8, 4) is 0 Å². The highest BCUT2D eigenvalue weighted by molar-refractivity contribution is 6.17. The molecule has 2 heterocycles. The fraction of sp³-hybridized carbons (Fsp3) is 0.0833. The number of nitrogens with one attached hydrogen (secondary N) is 2. The summed E-state index contributed by atoms with van der Waals surface area (Å²) in [5.41, 5.74) is 1.98. The fourth-order valence-electron chi connectivity index (χ4n) is 1.75. The summed E-state index contributed by atoms with van der Waals surface area (Å²) >= 11 is 5.78. The minimum Gasteiger partial charge on any atom is -0.339 e. The molecule has 3 aromatic rings. The molecule has 0 unspecified atom stereocenters. The van der Waals surface area contributed by atoms with Crippen molar-refractivity contribution in [2.45, 2.75) is 5.88 Å². The molecule has 7 heteroatoms. The molecule has 1 aromatic carbocycles. The van der Waals surface area contributed by atoms with Crippen LogP contribution in [0.5, 0.6) is 0 Å². The van der Waals surface area contributed by atoms with Gasteiger partial charge in [0.1, 0.15) is 0 Å². The highest BCUT2D eigenvalue weighted by atomic mass is 35.5. The van der Waals surface area contributed by atoms with E-state index in [-0.39, 0.29) is 5.69 Å². The average molecular weight is 276 g/mol. The number of hydrogen-bond acceptors (Lipinski definition) is 4. The molecule has 0 aliphatic heterocycles. The summed E-state index contributed by atoms with van der Waals surface area (Å²) in [6.45, 7) is 0. The first kappa shape index (κ1) is 11.7. The summed E-state index contributed by atoms with van der Waals surface area (Å²) in [5.74, 6) is 1.01. The number of benzene rings is 1. The maximum Gasteiger partial charge on any atom is 0.364 e. The van der Waals surface area contributed by atoms with Gasteiger partial charge in [-0.25, -0.2) is 9.89 Å². The summed E-state index contributed by atoms with van der Waals surface area (Å²) in [5, 5.41) is 13.4. The van der Waals surface area contributed by atoms with Gasteiger partial charge in [-0.3, -0.25) is 0 Å². The zero-order chi connectivity index (χ0) is 13.2. The molecule has 0 saturated carbocycles. The lowest BCUT2D eigenvalue weighted by molar-refractivity contribution is 0.885. The second-order valence-corrected chi connectivity index (χ2v) is 4.24. The van der Waals surface area contributed by atoms with Crippen LogP contribution in [0.4, 0.5) is 11.5 Å². The standard InChI is InChI=1S/C12H10ClN5O/c13-7-8-2-1-3-9(6-8)14-10-4-5-11-15-16-12(19)18(11)17-10/h1-6H,7H2,(H,14,17)(H,16,19). The number of hydrogen-bond donors (Lipinski definition) is 2. The molecular formula is C12H10ClN5O. The molecule has 0 aliphatic rings. The molecule has 0 radical (unpaired) electrons. The average Bonchev–Trinajstić information content (AvgIpc) is 2.80. The maximum atomic E-state index is 11.4. The predicted molar refractivity (Wildman–Crippen MR) is 72.9 cm³/mol. The van der Waals surface area contributed by atoms with Crippen LogP contribution in [0.3, 0.4) is 0 Å². The van der Waals surface area contributed by atoms with Crippen molar-refractivity contribution in [3.05, 3.63) is 52.4 Å². The van der Waals surface area contributed by atoms with E-state index in [4.69, 9.17) is 11.6 Å². The Balaban J connectivity index is 1.95. The van der Waals surface area contributed by atoms with Gasteiger partial charge < -0.3 is 5.32 Å². The summed E-state index contributed by atoms with van der Waals surface area (Å²) in [7, 11) is 0. The van der Waals surface area contributed by atoms with Crippen molar-refractivity contribution < 1.29 is 0 Å². The minimum atomic E-state index is -0.367. The van der Waals surface area contributed by atoms with Gasteiger partial charge in [-0.1, -0.05) is 12.1 Å². The van der Waals surface area contributed by atoms with E-state index in [0.717, 1.165) is 11.3 Å². The number of fused-ring (bicyclic) bond motifs is 1. The van der Waals surface area contributed by atoms with Crippen LogP contribution < -0.4 is 11.0 Å². The van der Waals surface area contributed by atoms with Crippen molar-refractivity contribution in [2.24, 2.45) is 0 Å². The van der Waals surface area contributed by atoms with Gasteiger partial charge in [0.15, 0.2) is 11.5 Å². The van der Waals surface area contributed by atoms with Gasteiger partial charge in [0, 0.05) is 11.6 Å². The third-order valence-corrected chi connectivity index (χ3v) is 2.94. The Labute approximate surface area is 113 Å². The predicted octanol–water partition coefficient (Wildman–Crippen LogP) is 1.90. The van der Waals surface area contributed by atoms with E-state index >= 15 is 0 Å². The summed E-state index contributed by atoms with van der Waals surface area (Å²) in [4.78, 5) is 11.4. The van der Waals surface area contributed by atoms with Gasteiger partial charge in [0.25, 0.3) is 0 Å². The Morgan fingerprint density at radius 3 is 3.05 bits per heavy atom. The molecule has 0 bridgehead atoms. The fourth-order valence-corrected chi connectivity index (χ4v) is 1.92. The van der Waals surface area contributed by atoms with Crippen LogP contribution in [-0.2, 0) is 5.88 Å². The third kappa shape index (κ3) is 2.30. The molecule has 6 nitrogen and oxygen atoms in total. The van der Waals surface area contributed by atoms with Crippen LogP contribution in [0.2, 0.25) is 0 Å². The highest BCUT2D eigenvalue weighted by Crippen LogP contribution is 2.16. The number of aromatic nitrogens is 4. The monoisotopic (exact) mass is 275 g/mol. The molecule has 0 aliphatic carbocycles. The maximum absolute atomic E-state index is 11.4. The molecule has 2 aromatic heterocycles. The summed E-state index contributed by atoms with van der Waals surface area (Å²) < 4.78 is 1.20. The number of aromatic amines is 1. The quantitative estimate of drug-likeness (QED) is 0.716. The number of rotatable bonds is 3. The Morgan fingerprint density at radius 1 is 1.32 bits per heavy atom. The SMILES string of the molecule is O=c1[nH]nc2ccc(Nc3cccc(CCl)c3)nn12. The van der Waals surface area contributed by atoms with Crippen LogP contribution in [0.15, 0.2) is 41.2 Å². The van der Waals surface area contributed by atoms with Crippen molar-refractivity contribution in [2.75, 3.05) is 5.32 Å². The van der Waals surface area contributed by atoms with Gasteiger partial charge >= 0.3 is 5.69 Å². The summed E-state index contributed by atoms with van der Waals surface area (Å²) in [6, 6.07) is 11.1. The van der Waals surface area contributed by atoms with E-state index in [2.05, 4.69) is 20.6 Å². The molecule has 0 fully saturated rings. The van der Waals surface area contributed by atoms with Crippen LogP contribution in [0.25, 0.3) is 5.65 Å². The lowest BCUT2D eigenvalue weighted by atomic mass is 10.2. The van der Waals surface area contributed by atoms with Crippen LogP contribution in [0, 0.1) is 0 Å². The molecule has 96 valence electrons. The molecule has 0 saturated heterocycles. The van der Waals surface area contributed by atoms with Crippen molar-refractivity contribution in [1.82, 2.24) is 19.8 Å². The number of nitrogens with zero attached hydrogens (tertiary/aromatic N) is 3. The van der Waals surface area contributed by atoms with Gasteiger partial charge in [0.2, 0.25) is 0 Å².